The second-order valence-electron chi connectivity index (χ2n) is 9.67. The molecule has 4 aromatic rings. The standard InChI is InChI=1S/C30H29N5O2S/c36-28(33-30-32-14-17-38-30)27(23-4-2-1-3-5-23)35-20-25-11-10-24(18-26(25)29(35)37)22-8-6-21(7-9-22)19-34-15-12-31-13-16-34/h1-11,14,17-18,27,31H,12-13,15-16,19-20H2,(H,32,33,36). The van der Waals surface area contributed by atoms with Crippen molar-refractivity contribution < 1.29 is 9.59 Å². The molecule has 7 nitrogen and oxygen atoms in total. The molecule has 2 aliphatic rings. The number of fused-ring (bicyclic) bond motifs is 1. The van der Waals surface area contributed by atoms with Gasteiger partial charge in [0.05, 0.1) is 0 Å². The van der Waals surface area contributed by atoms with Gasteiger partial charge in [-0.1, -0.05) is 66.7 Å². The average molecular weight is 524 g/mol. The molecule has 192 valence electrons. The third-order valence-corrected chi connectivity index (χ3v) is 7.87. The minimum Gasteiger partial charge on any atom is -0.318 e. The first-order chi connectivity index (χ1) is 18.7. The van der Waals surface area contributed by atoms with Gasteiger partial charge in [-0.15, -0.1) is 11.3 Å². The maximum Gasteiger partial charge on any atom is 0.255 e. The maximum atomic E-state index is 13.7. The van der Waals surface area contributed by atoms with Gasteiger partial charge in [0.25, 0.3) is 11.8 Å². The van der Waals surface area contributed by atoms with E-state index in [1.54, 1.807) is 11.1 Å². The molecule has 3 heterocycles. The number of hydrogen-bond acceptors (Lipinski definition) is 6. The molecule has 0 bridgehead atoms. The highest BCUT2D eigenvalue weighted by Crippen LogP contribution is 2.35. The molecular formula is C30H29N5O2S. The summed E-state index contributed by atoms with van der Waals surface area (Å²) < 4.78 is 0. The second kappa shape index (κ2) is 10.9. The van der Waals surface area contributed by atoms with Gasteiger partial charge in [0, 0.05) is 56.4 Å². The summed E-state index contributed by atoms with van der Waals surface area (Å²) in [5.41, 5.74) is 5.70. The monoisotopic (exact) mass is 523 g/mol. The van der Waals surface area contributed by atoms with Gasteiger partial charge in [0.15, 0.2) is 5.13 Å². The van der Waals surface area contributed by atoms with E-state index in [2.05, 4.69) is 50.8 Å². The predicted octanol–water partition coefficient (Wildman–Crippen LogP) is 4.55. The summed E-state index contributed by atoms with van der Waals surface area (Å²) in [4.78, 5) is 35.4. The molecule has 1 saturated heterocycles. The van der Waals surface area contributed by atoms with Crippen molar-refractivity contribution in [3.63, 3.8) is 0 Å². The molecule has 38 heavy (non-hydrogen) atoms. The Balaban J connectivity index is 1.23. The Morgan fingerprint density at radius 1 is 1.00 bits per heavy atom. The summed E-state index contributed by atoms with van der Waals surface area (Å²) in [6.07, 6.45) is 1.65. The zero-order chi connectivity index (χ0) is 25.9. The normalized spacial score (nSPS) is 16.3. The Bertz CT molecular complexity index is 1420. The van der Waals surface area contributed by atoms with Crippen LogP contribution in [0.3, 0.4) is 0 Å². The van der Waals surface area contributed by atoms with E-state index in [4.69, 9.17) is 0 Å². The number of carbonyl (C=O) groups is 2. The van der Waals surface area contributed by atoms with Gasteiger partial charge >= 0.3 is 0 Å². The highest BCUT2D eigenvalue weighted by molar-refractivity contribution is 7.13. The number of carbonyl (C=O) groups excluding carboxylic acids is 2. The average Bonchev–Trinajstić information content (AvgIpc) is 3.58. The molecule has 0 saturated carbocycles. The lowest BCUT2D eigenvalue weighted by molar-refractivity contribution is -0.120. The van der Waals surface area contributed by atoms with Crippen molar-refractivity contribution in [2.24, 2.45) is 0 Å². The van der Waals surface area contributed by atoms with Gasteiger partial charge < -0.3 is 10.2 Å². The van der Waals surface area contributed by atoms with Crippen molar-refractivity contribution in [1.82, 2.24) is 20.1 Å². The van der Waals surface area contributed by atoms with Crippen LogP contribution in [0.5, 0.6) is 0 Å². The van der Waals surface area contributed by atoms with E-state index in [9.17, 15) is 9.59 Å². The Kier molecular flexibility index (Phi) is 7.00. The van der Waals surface area contributed by atoms with Crippen molar-refractivity contribution in [2.75, 3.05) is 31.5 Å². The van der Waals surface area contributed by atoms with Crippen LogP contribution in [-0.2, 0) is 17.9 Å². The van der Waals surface area contributed by atoms with Gasteiger partial charge in [-0.3, -0.25) is 19.8 Å². The molecule has 2 N–H and O–H groups in total. The van der Waals surface area contributed by atoms with E-state index in [0.29, 0.717) is 17.2 Å². The van der Waals surface area contributed by atoms with Crippen molar-refractivity contribution in [2.45, 2.75) is 19.1 Å². The first-order valence-corrected chi connectivity index (χ1v) is 13.8. The maximum absolute atomic E-state index is 13.7. The topological polar surface area (TPSA) is 77.6 Å². The van der Waals surface area contributed by atoms with Crippen LogP contribution in [-0.4, -0.2) is 52.8 Å². The van der Waals surface area contributed by atoms with E-state index in [-0.39, 0.29) is 11.8 Å². The summed E-state index contributed by atoms with van der Waals surface area (Å²) >= 11 is 1.35. The molecular weight excluding hydrogens is 494 g/mol. The zero-order valence-corrected chi connectivity index (χ0v) is 21.8. The summed E-state index contributed by atoms with van der Waals surface area (Å²) in [6, 6.07) is 23.3. The molecule has 2 amide bonds. The SMILES string of the molecule is O=C(Nc1nccs1)C(c1ccccc1)N1Cc2ccc(-c3ccc(CN4CCNCC4)cc3)cc2C1=O. The second-order valence-corrected chi connectivity index (χ2v) is 10.6. The fourth-order valence-corrected chi connectivity index (χ4v) is 5.74. The number of nitrogens with zero attached hydrogens (tertiary/aromatic N) is 3. The Morgan fingerprint density at radius 3 is 2.50 bits per heavy atom. The van der Waals surface area contributed by atoms with E-state index in [1.807, 2.05) is 47.8 Å². The van der Waals surface area contributed by atoms with Crippen LogP contribution < -0.4 is 10.6 Å². The van der Waals surface area contributed by atoms with E-state index in [0.717, 1.165) is 55.0 Å². The molecule has 2 aliphatic heterocycles. The number of hydrogen-bond donors (Lipinski definition) is 2. The molecule has 1 aromatic heterocycles. The minimum absolute atomic E-state index is 0.139. The third-order valence-electron chi connectivity index (χ3n) is 7.18. The number of nitrogens with one attached hydrogen (secondary N) is 2. The molecule has 1 fully saturated rings. The summed E-state index contributed by atoms with van der Waals surface area (Å²) in [5, 5.41) is 8.60. The van der Waals surface area contributed by atoms with Gasteiger partial charge in [0.1, 0.15) is 6.04 Å². The molecule has 0 aliphatic carbocycles. The van der Waals surface area contributed by atoms with Crippen molar-refractivity contribution in [3.05, 3.63) is 107 Å². The largest absolute Gasteiger partial charge is 0.318 e. The van der Waals surface area contributed by atoms with Gasteiger partial charge in [-0.05, 0) is 33.9 Å². The number of thiazole rings is 1. The Morgan fingerprint density at radius 2 is 1.76 bits per heavy atom. The lowest BCUT2D eigenvalue weighted by Gasteiger charge is -2.27. The van der Waals surface area contributed by atoms with Crippen molar-refractivity contribution >= 4 is 28.3 Å². The highest BCUT2D eigenvalue weighted by atomic mass is 32.1. The third kappa shape index (κ3) is 5.11. The first kappa shape index (κ1) is 24.5. The fraction of sp³-hybridized carbons (Fsp3) is 0.233. The van der Waals surface area contributed by atoms with Crippen LogP contribution in [0.4, 0.5) is 5.13 Å². The van der Waals surface area contributed by atoms with E-state index >= 15 is 0 Å². The van der Waals surface area contributed by atoms with Crippen LogP contribution in [0.15, 0.2) is 84.4 Å². The number of aromatic nitrogens is 1. The molecule has 8 heteroatoms. The predicted molar refractivity (Wildman–Crippen MR) is 150 cm³/mol. The smallest absolute Gasteiger partial charge is 0.255 e. The fourth-order valence-electron chi connectivity index (χ4n) is 5.21. The molecule has 1 atom stereocenters. The van der Waals surface area contributed by atoms with Crippen LogP contribution in [0.25, 0.3) is 11.1 Å². The lowest BCUT2D eigenvalue weighted by atomic mass is 9.99. The Hall–Kier alpha value is -3.85. The summed E-state index contributed by atoms with van der Waals surface area (Å²) in [5.74, 6) is -0.409. The highest BCUT2D eigenvalue weighted by Gasteiger charge is 2.37. The molecule has 3 aromatic carbocycles. The van der Waals surface area contributed by atoms with Crippen molar-refractivity contribution in [1.29, 1.82) is 0 Å². The molecule has 0 spiro atoms. The van der Waals surface area contributed by atoms with Gasteiger partial charge in [0.2, 0.25) is 0 Å². The molecule has 6 rings (SSSR count). The summed E-state index contributed by atoms with van der Waals surface area (Å²) in [6.45, 7) is 5.53. The lowest BCUT2D eigenvalue weighted by Crippen LogP contribution is -2.42. The first-order valence-electron chi connectivity index (χ1n) is 12.9. The Labute approximate surface area is 226 Å². The summed E-state index contributed by atoms with van der Waals surface area (Å²) in [7, 11) is 0. The van der Waals surface area contributed by atoms with Crippen LogP contribution in [0.1, 0.15) is 33.1 Å². The van der Waals surface area contributed by atoms with E-state index < -0.39 is 6.04 Å². The van der Waals surface area contributed by atoms with Gasteiger partial charge in [-0.25, -0.2) is 4.98 Å². The number of rotatable bonds is 7. The van der Waals surface area contributed by atoms with Crippen LogP contribution in [0, 0.1) is 0 Å². The number of benzene rings is 3. The van der Waals surface area contributed by atoms with E-state index in [1.165, 1.54) is 16.9 Å². The zero-order valence-electron chi connectivity index (χ0n) is 21.0. The van der Waals surface area contributed by atoms with Gasteiger partial charge in [-0.2, -0.15) is 0 Å². The molecule has 0 radical (unpaired) electrons. The van der Waals surface area contributed by atoms with Crippen LogP contribution in [0.2, 0.25) is 0 Å². The van der Waals surface area contributed by atoms with Crippen LogP contribution >= 0.6 is 11.3 Å². The quantitative estimate of drug-likeness (QED) is 0.372. The number of amides is 2. The number of anilines is 1. The molecule has 1 unspecified atom stereocenters. The van der Waals surface area contributed by atoms with Crippen molar-refractivity contribution in [3.8, 4) is 11.1 Å². The number of piperazine rings is 1. The minimum atomic E-state index is -0.757.